The molecule has 1 aromatic carbocycles. The van der Waals surface area contributed by atoms with Crippen LogP contribution in [0.1, 0.15) is 25.3 Å². The molecule has 20 heavy (non-hydrogen) atoms. The van der Waals surface area contributed by atoms with E-state index in [1.807, 2.05) is 6.92 Å². The summed E-state index contributed by atoms with van der Waals surface area (Å²) in [4.78, 5) is 22.6. The van der Waals surface area contributed by atoms with Gasteiger partial charge < -0.3 is 10.4 Å². The molecule has 110 valence electrons. The predicted octanol–water partition coefficient (Wildman–Crippen LogP) is 1.34. The van der Waals surface area contributed by atoms with Crippen molar-refractivity contribution >= 4 is 22.7 Å². The van der Waals surface area contributed by atoms with Crippen LogP contribution in [-0.4, -0.2) is 33.5 Å². The van der Waals surface area contributed by atoms with Crippen molar-refractivity contribution in [3.05, 3.63) is 29.8 Å². The van der Waals surface area contributed by atoms with Crippen LogP contribution in [-0.2, 0) is 26.8 Å². The van der Waals surface area contributed by atoms with Gasteiger partial charge in [-0.05, 0) is 24.1 Å². The van der Waals surface area contributed by atoms with Crippen LogP contribution >= 0.6 is 0 Å². The van der Waals surface area contributed by atoms with Crippen LogP contribution in [0, 0.1) is 0 Å². The second-order valence-electron chi connectivity index (χ2n) is 4.41. The number of carboxylic acid groups (broad SMARTS) is 1. The van der Waals surface area contributed by atoms with E-state index >= 15 is 0 Å². The van der Waals surface area contributed by atoms with Gasteiger partial charge >= 0.3 is 5.97 Å². The highest BCUT2D eigenvalue weighted by Crippen LogP contribution is 2.09. The third-order valence-electron chi connectivity index (χ3n) is 2.66. The molecule has 0 radical (unpaired) electrons. The van der Waals surface area contributed by atoms with Gasteiger partial charge in [-0.15, -0.1) is 0 Å². The molecule has 0 aliphatic rings. The number of unbranched alkanes of at least 4 members (excludes halogenated alkanes) is 1. The van der Waals surface area contributed by atoms with Crippen molar-refractivity contribution in [2.75, 3.05) is 12.3 Å². The highest BCUT2D eigenvalue weighted by molar-refractivity contribution is 7.85. The van der Waals surface area contributed by atoms with Gasteiger partial charge in [-0.25, -0.2) is 0 Å². The van der Waals surface area contributed by atoms with Crippen molar-refractivity contribution in [3.63, 3.8) is 0 Å². The number of amides is 1. The molecule has 5 nitrogen and oxygen atoms in total. The van der Waals surface area contributed by atoms with Crippen LogP contribution in [0.25, 0.3) is 0 Å². The molecule has 0 aliphatic heterocycles. The summed E-state index contributed by atoms with van der Waals surface area (Å²) in [6.07, 6.45) is 1.83. The molecule has 0 saturated heterocycles. The summed E-state index contributed by atoms with van der Waals surface area (Å²) in [5.74, 6) is -1.21. The van der Waals surface area contributed by atoms with Gasteiger partial charge in [0.2, 0.25) is 5.91 Å². The summed E-state index contributed by atoms with van der Waals surface area (Å²) in [5.41, 5.74) is 0.644. The van der Waals surface area contributed by atoms with E-state index in [0.717, 1.165) is 12.8 Å². The lowest BCUT2D eigenvalue weighted by molar-refractivity contribution is -0.136. The molecular weight excluding hydrogens is 278 g/mol. The third-order valence-corrected chi connectivity index (χ3v) is 3.98. The zero-order chi connectivity index (χ0) is 15.0. The minimum atomic E-state index is -1.40. The number of carboxylic acids is 1. The van der Waals surface area contributed by atoms with Crippen LogP contribution in [0.4, 0.5) is 0 Å². The van der Waals surface area contributed by atoms with Gasteiger partial charge in [0, 0.05) is 11.4 Å². The van der Waals surface area contributed by atoms with Gasteiger partial charge in [-0.1, -0.05) is 25.5 Å². The Kier molecular flexibility index (Phi) is 6.93. The Hall–Kier alpha value is -1.69. The van der Waals surface area contributed by atoms with Gasteiger partial charge in [0.05, 0.1) is 17.2 Å². The Morgan fingerprint density at radius 2 is 1.90 bits per heavy atom. The number of hydrogen-bond donors (Lipinski definition) is 2. The number of rotatable bonds is 8. The Bertz CT molecular complexity index is 484. The second kappa shape index (κ2) is 8.47. The molecule has 1 aromatic rings. The third kappa shape index (κ3) is 5.97. The summed E-state index contributed by atoms with van der Waals surface area (Å²) in [7, 11) is -1.40. The van der Waals surface area contributed by atoms with E-state index in [2.05, 4.69) is 5.32 Å². The Balaban J connectivity index is 2.51. The molecule has 0 fully saturated rings. The molecule has 1 atom stereocenters. The maximum absolute atomic E-state index is 12.0. The first-order valence-corrected chi connectivity index (χ1v) is 7.80. The number of nitrogens with one attached hydrogen (secondary N) is 1. The van der Waals surface area contributed by atoms with Gasteiger partial charge in [-0.3, -0.25) is 13.8 Å². The lowest BCUT2D eigenvalue weighted by atomic mass is 10.2. The normalized spacial score (nSPS) is 11.8. The number of carbonyl (C=O) groups excluding carboxylic acids is 1. The molecule has 2 N–H and O–H groups in total. The monoisotopic (exact) mass is 297 g/mol. The van der Waals surface area contributed by atoms with Crippen molar-refractivity contribution in [2.24, 2.45) is 0 Å². The van der Waals surface area contributed by atoms with Gasteiger partial charge in [0.25, 0.3) is 0 Å². The van der Waals surface area contributed by atoms with E-state index in [9.17, 15) is 13.8 Å². The highest BCUT2D eigenvalue weighted by Gasteiger charge is 2.10. The Labute approximate surface area is 120 Å². The number of carbonyl (C=O) groups is 2. The first-order valence-electron chi connectivity index (χ1n) is 6.48. The Morgan fingerprint density at radius 3 is 2.45 bits per heavy atom. The van der Waals surface area contributed by atoms with Gasteiger partial charge in [0.15, 0.2) is 0 Å². The van der Waals surface area contributed by atoms with Gasteiger partial charge in [0.1, 0.15) is 5.75 Å². The summed E-state index contributed by atoms with van der Waals surface area (Å²) in [6, 6.07) is 6.45. The van der Waals surface area contributed by atoms with Crippen molar-refractivity contribution in [2.45, 2.75) is 31.1 Å². The first-order chi connectivity index (χ1) is 9.52. The SMILES string of the molecule is CCCCNC(=O)CS(=O)c1ccc(CC(=O)O)cc1. The molecule has 1 rings (SSSR count). The smallest absolute Gasteiger partial charge is 0.307 e. The van der Waals surface area contributed by atoms with E-state index in [-0.39, 0.29) is 18.1 Å². The fourth-order valence-corrected chi connectivity index (χ4v) is 2.54. The van der Waals surface area contributed by atoms with E-state index in [1.54, 1.807) is 24.3 Å². The molecule has 0 spiro atoms. The van der Waals surface area contributed by atoms with E-state index in [4.69, 9.17) is 5.11 Å². The molecule has 0 aromatic heterocycles. The average Bonchev–Trinajstić information content (AvgIpc) is 2.39. The average molecular weight is 297 g/mol. The fourth-order valence-electron chi connectivity index (χ4n) is 1.59. The lowest BCUT2D eigenvalue weighted by Crippen LogP contribution is -2.29. The minimum Gasteiger partial charge on any atom is -0.481 e. The fraction of sp³-hybridized carbons (Fsp3) is 0.429. The topological polar surface area (TPSA) is 83.5 Å². The number of hydrogen-bond acceptors (Lipinski definition) is 3. The van der Waals surface area contributed by atoms with Crippen LogP contribution in [0.5, 0.6) is 0 Å². The molecule has 1 amide bonds. The molecule has 0 saturated carbocycles. The standard InChI is InChI=1S/C14H19NO4S/c1-2-3-8-15-13(16)10-20(19)12-6-4-11(5-7-12)9-14(17)18/h4-7H,2-3,8-10H2,1H3,(H,15,16)(H,17,18). The van der Waals surface area contributed by atoms with E-state index < -0.39 is 16.8 Å². The number of benzene rings is 1. The van der Waals surface area contributed by atoms with E-state index in [1.165, 1.54) is 0 Å². The molecule has 0 heterocycles. The second-order valence-corrected chi connectivity index (χ2v) is 5.86. The highest BCUT2D eigenvalue weighted by atomic mass is 32.2. The van der Waals surface area contributed by atoms with Crippen molar-refractivity contribution in [1.29, 1.82) is 0 Å². The van der Waals surface area contributed by atoms with Crippen molar-refractivity contribution < 1.29 is 18.9 Å². The number of aliphatic carboxylic acids is 1. The first kappa shape index (κ1) is 16.4. The van der Waals surface area contributed by atoms with E-state index in [0.29, 0.717) is 17.0 Å². The predicted molar refractivity (Wildman–Crippen MR) is 77.0 cm³/mol. The largest absolute Gasteiger partial charge is 0.481 e. The van der Waals surface area contributed by atoms with Crippen molar-refractivity contribution in [1.82, 2.24) is 5.32 Å². The maximum Gasteiger partial charge on any atom is 0.307 e. The summed E-state index contributed by atoms with van der Waals surface area (Å²) >= 11 is 0. The van der Waals surface area contributed by atoms with Crippen molar-refractivity contribution in [3.8, 4) is 0 Å². The lowest BCUT2D eigenvalue weighted by Gasteiger charge is -2.05. The molecular formula is C14H19NO4S. The summed E-state index contributed by atoms with van der Waals surface area (Å²) in [5, 5.41) is 11.4. The molecule has 0 aliphatic carbocycles. The molecule has 1 unspecified atom stereocenters. The van der Waals surface area contributed by atoms with Gasteiger partial charge in [-0.2, -0.15) is 0 Å². The zero-order valence-electron chi connectivity index (χ0n) is 11.4. The summed E-state index contributed by atoms with van der Waals surface area (Å²) < 4.78 is 12.0. The Morgan fingerprint density at radius 1 is 1.25 bits per heavy atom. The van der Waals surface area contributed by atoms with Crippen LogP contribution < -0.4 is 5.32 Å². The van der Waals surface area contributed by atoms with Crippen LogP contribution in [0.15, 0.2) is 29.2 Å². The molecule has 0 bridgehead atoms. The van der Waals surface area contributed by atoms with Crippen LogP contribution in [0.2, 0.25) is 0 Å². The quantitative estimate of drug-likeness (QED) is 0.709. The minimum absolute atomic E-state index is 0.0651. The van der Waals surface area contributed by atoms with Crippen LogP contribution in [0.3, 0.4) is 0 Å². The zero-order valence-corrected chi connectivity index (χ0v) is 12.2. The molecule has 6 heteroatoms. The summed E-state index contributed by atoms with van der Waals surface area (Å²) in [6.45, 7) is 2.63. The maximum atomic E-state index is 12.0.